The highest BCUT2D eigenvalue weighted by Gasteiger charge is 2.13. The Hall–Kier alpha value is -1.58. The molecule has 0 heterocycles. The van der Waals surface area contributed by atoms with Crippen LogP contribution in [0.2, 0.25) is 0 Å². The van der Waals surface area contributed by atoms with Gasteiger partial charge in [0.2, 0.25) is 5.75 Å². The summed E-state index contributed by atoms with van der Waals surface area (Å²) in [4.78, 5) is 0. The summed E-state index contributed by atoms with van der Waals surface area (Å²) in [5.41, 5.74) is 0. The van der Waals surface area contributed by atoms with Gasteiger partial charge >= 0.3 is 0 Å². The maximum Gasteiger partial charge on any atom is 0.203 e. The predicted molar refractivity (Wildman–Crippen MR) is 57.0 cm³/mol. The fourth-order valence-corrected chi connectivity index (χ4v) is 1.26. The Bertz CT molecular complexity index is 297. The van der Waals surface area contributed by atoms with E-state index in [1.807, 2.05) is 0 Å². The standard InChI is InChI=1S/C11H15O4/c1-5-15-8-6-9(12-2)11(14-4)10(7-8)13-3/h6-7H,1,5H2,2-4H3. The van der Waals surface area contributed by atoms with Gasteiger partial charge in [-0.15, -0.1) is 0 Å². The topological polar surface area (TPSA) is 36.9 Å². The number of rotatable bonds is 5. The van der Waals surface area contributed by atoms with E-state index in [1.165, 1.54) is 0 Å². The molecule has 0 saturated carbocycles. The Morgan fingerprint density at radius 2 is 1.53 bits per heavy atom. The van der Waals surface area contributed by atoms with E-state index in [1.54, 1.807) is 33.5 Å². The van der Waals surface area contributed by atoms with Crippen molar-refractivity contribution in [2.24, 2.45) is 0 Å². The molecule has 0 aromatic heterocycles. The maximum atomic E-state index is 5.26. The Morgan fingerprint density at radius 3 is 1.87 bits per heavy atom. The molecule has 0 aliphatic carbocycles. The first kappa shape index (κ1) is 11.5. The van der Waals surface area contributed by atoms with Crippen molar-refractivity contribution in [2.45, 2.75) is 0 Å². The van der Waals surface area contributed by atoms with Crippen LogP contribution in [0.25, 0.3) is 0 Å². The normalized spacial score (nSPS) is 9.60. The molecule has 0 saturated heterocycles. The molecule has 0 aliphatic heterocycles. The summed E-state index contributed by atoms with van der Waals surface area (Å²) in [6.07, 6.45) is 0. The van der Waals surface area contributed by atoms with Gasteiger partial charge < -0.3 is 18.9 Å². The molecule has 1 aromatic carbocycles. The molecule has 0 amide bonds. The quantitative estimate of drug-likeness (QED) is 0.745. The highest BCUT2D eigenvalue weighted by atomic mass is 16.5. The second kappa shape index (κ2) is 5.34. The largest absolute Gasteiger partial charge is 0.493 e. The fraction of sp³-hybridized carbons (Fsp3) is 0.364. The molecule has 1 aromatic rings. The lowest BCUT2D eigenvalue weighted by Crippen LogP contribution is -1.98. The summed E-state index contributed by atoms with van der Waals surface area (Å²) in [5.74, 6) is 2.33. The van der Waals surface area contributed by atoms with Gasteiger partial charge in [0.25, 0.3) is 0 Å². The lowest BCUT2D eigenvalue weighted by molar-refractivity contribution is 0.313. The molecule has 1 radical (unpaired) electrons. The van der Waals surface area contributed by atoms with Gasteiger partial charge in [-0.25, -0.2) is 0 Å². The fourth-order valence-electron chi connectivity index (χ4n) is 1.26. The molecular formula is C11H15O4. The number of ether oxygens (including phenoxy) is 4. The molecule has 83 valence electrons. The van der Waals surface area contributed by atoms with Crippen LogP contribution in [0.3, 0.4) is 0 Å². The van der Waals surface area contributed by atoms with Crippen LogP contribution in [0.5, 0.6) is 23.0 Å². The van der Waals surface area contributed by atoms with E-state index in [4.69, 9.17) is 18.9 Å². The average Bonchev–Trinajstić information content (AvgIpc) is 2.28. The average molecular weight is 211 g/mol. The first-order chi connectivity index (χ1) is 7.26. The van der Waals surface area contributed by atoms with Crippen molar-refractivity contribution in [1.29, 1.82) is 0 Å². The second-order valence-electron chi connectivity index (χ2n) is 2.71. The van der Waals surface area contributed by atoms with E-state index in [-0.39, 0.29) is 0 Å². The molecular weight excluding hydrogens is 196 g/mol. The summed E-state index contributed by atoms with van der Waals surface area (Å²) < 4.78 is 20.8. The minimum absolute atomic E-state index is 0.346. The van der Waals surface area contributed by atoms with Crippen molar-refractivity contribution in [3.63, 3.8) is 0 Å². The smallest absolute Gasteiger partial charge is 0.203 e. The zero-order chi connectivity index (χ0) is 11.3. The van der Waals surface area contributed by atoms with E-state index in [0.717, 1.165) is 0 Å². The van der Waals surface area contributed by atoms with Gasteiger partial charge in [0, 0.05) is 12.1 Å². The van der Waals surface area contributed by atoms with E-state index in [0.29, 0.717) is 29.6 Å². The van der Waals surface area contributed by atoms with Crippen molar-refractivity contribution < 1.29 is 18.9 Å². The Kier molecular flexibility index (Phi) is 4.09. The predicted octanol–water partition coefficient (Wildman–Crippen LogP) is 1.93. The Labute approximate surface area is 89.7 Å². The molecule has 4 heteroatoms. The van der Waals surface area contributed by atoms with Crippen molar-refractivity contribution in [3.8, 4) is 23.0 Å². The first-order valence-electron chi connectivity index (χ1n) is 4.48. The van der Waals surface area contributed by atoms with Crippen LogP contribution in [0.1, 0.15) is 0 Å². The van der Waals surface area contributed by atoms with E-state index in [2.05, 4.69) is 6.92 Å². The zero-order valence-corrected chi connectivity index (χ0v) is 9.20. The number of benzene rings is 1. The van der Waals surface area contributed by atoms with Crippen LogP contribution < -0.4 is 18.9 Å². The van der Waals surface area contributed by atoms with Gasteiger partial charge in [-0.2, -0.15) is 0 Å². The van der Waals surface area contributed by atoms with Crippen LogP contribution in [0.4, 0.5) is 0 Å². The molecule has 0 bridgehead atoms. The van der Waals surface area contributed by atoms with Crippen molar-refractivity contribution in [2.75, 3.05) is 27.9 Å². The Morgan fingerprint density at radius 1 is 1.00 bits per heavy atom. The summed E-state index contributed by atoms with van der Waals surface area (Å²) in [5, 5.41) is 0. The van der Waals surface area contributed by atoms with Crippen LogP contribution in [0.15, 0.2) is 12.1 Å². The molecule has 1 rings (SSSR count). The molecule has 0 unspecified atom stereocenters. The van der Waals surface area contributed by atoms with Crippen LogP contribution in [0, 0.1) is 6.92 Å². The van der Waals surface area contributed by atoms with Crippen LogP contribution in [-0.4, -0.2) is 27.9 Å². The number of methoxy groups -OCH3 is 3. The zero-order valence-electron chi connectivity index (χ0n) is 9.20. The highest BCUT2D eigenvalue weighted by Crippen LogP contribution is 2.40. The molecule has 0 spiro atoms. The summed E-state index contributed by atoms with van der Waals surface area (Å²) >= 11 is 0. The minimum atomic E-state index is 0.346. The Balaban J connectivity index is 3.16. The van der Waals surface area contributed by atoms with E-state index >= 15 is 0 Å². The lowest BCUT2D eigenvalue weighted by atomic mass is 10.2. The molecule has 0 aliphatic rings. The second-order valence-corrected chi connectivity index (χ2v) is 2.71. The first-order valence-corrected chi connectivity index (χ1v) is 4.48. The van der Waals surface area contributed by atoms with Crippen LogP contribution in [-0.2, 0) is 0 Å². The third-order valence-corrected chi connectivity index (χ3v) is 1.91. The van der Waals surface area contributed by atoms with Crippen LogP contribution >= 0.6 is 0 Å². The molecule has 0 atom stereocenters. The van der Waals surface area contributed by atoms with Crippen molar-refractivity contribution in [3.05, 3.63) is 19.1 Å². The van der Waals surface area contributed by atoms with Gasteiger partial charge in [0.05, 0.1) is 27.9 Å². The third kappa shape index (κ3) is 2.46. The maximum absolute atomic E-state index is 5.26. The monoisotopic (exact) mass is 211 g/mol. The molecule has 4 nitrogen and oxygen atoms in total. The van der Waals surface area contributed by atoms with Crippen molar-refractivity contribution >= 4 is 0 Å². The molecule has 0 fully saturated rings. The van der Waals surface area contributed by atoms with Crippen molar-refractivity contribution in [1.82, 2.24) is 0 Å². The van der Waals surface area contributed by atoms with E-state index in [9.17, 15) is 0 Å². The highest BCUT2D eigenvalue weighted by molar-refractivity contribution is 5.55. The van der Waals surface area contributed by atoms with Gasteiger partial charge in [-0.1, -0.05) is 0 Å². The number of hydrogen-bond donors (Lipinski definition) is 0. The van der Waals surface area contributed by atoms with E-state index < -0.39 is 0 Å². The van der Waals surface area contributed by atoms with Gasteiger partial charge in [-0.3, -0.25) is 0 Å². The summed E-state index contributed by atoms with van der Waals surface area (Å²) in [6.45, 7) is 3.95. The van der Waals surface area contributed by atoms with Gasteiger partial charge in [0.1, 0.15) is 5.75 Å². The number of hydrogen-bond acceptors (Lipinski definition) is 4. The molecule has 0 N–H and O–H groups in total. The summed E-state index contributed by atoms with van der Waals surface area (Å²) in [6, 6.07) is 3.46. The SMILES string of the molecule is [CH2]COc1cc(OC)c(OC)c(OC)c1. The minimum Gasteiger partial charge on any atom is -0.493 e. The lowest BCUT2D eigenvalue weighted by Gasteiger charge is -2.13. The molecule has 15 heavy (non-hydrogen) atoms. The van der Waals surface area contributed by atoms with Gasteiger partial charge in [0.15, 0.2) is 11.5 Å². The third-order valence-electron chi connectivity index (χ3n) is 1.91. The summed E-state index contributed by atoms with van der Waals surface area (Å²) in [7, 11) is 4.68. The van der Waals surface area contributed by atoms with Gasteiger partial charge in [-0.05, 0) is 6.92 Å².